The van der Waals surface area contributed by atoms with Gasteiger partial charge in [-0.3, -0.25) is 9.59 Å². The van der Waals surface area contributed by atoms with Gasteiger partial charge in [-0.25, -0.2) is 0 Å². The number of halogens is 2. The maximum absolute atomic E-state index is 11.8. The van der Waals surface area contributed by atoms with Crippen LogP contribution in [0.15, 0.2) is 12.1 Å². The molecule has 0 saturated carbocycles. The Hall–Kier alpha value is -1.06. The standard InChI is InChI=1S/C12H11Cl2NO2/c1-2-3-6-15-10-8(14)5-4-7(13)9(10)11(16)12(15)17/h4-5H,2-3,6H2,1H3. The van der Waals surface area contributed by atoms with Gasteiger partial charge in [-0.2, -0.15) is 0 Å². The molecule has 0 atom stereocenters. The fraction of sp³-hybridized carbons (Fsp3) is 0.333. The van der Waals surface area contributed by atoms with Gasteiger partial charge in [0, 0.05) is 6.54 Å². The zero-order valence-electron chi connectivity index (χ0n) is 9.30. The summed E-state index contributed by atoms with van der Waals surface area (Å²) in [4.78, 5) is 25.1. The van der Waals surface area contributed by atoms with Crippen molar-refractivity contribution in [1.29, 1.82) is 0 Å². The van der Waals surface area contributed by atoms with Crippen molar-refractivity contribution in [3.05, 3.63) is 27.7 Å². The summed E-state index contributed by atoms with van der Waals surface area (Å²) in [5, 5.41) is 0.668. The highest BCUT2D eigenvalue weighted by molar-refractivity contribution is 6.56. The van der Waals surface area contributed by atoms with Crippen LogP contribution in [0.25, 0.3) is 0 Å². The number of ketones is 1. The van der Waals surface area contributed by atoms with Gasteiger partial charge < -0.3 is 4.90 Å². The summed E-state index contributed by atoms with van der Waals surface area (Å²) in [6.07, 6.45) is 1.76. The van der Waals surface area contributed by atoms with Gasteiger partial charge in [-0.05, 0) is 18.6 Å². The lowest BCUT2D eigenvalue weighted by molar-refractivity contribution is -0.114. The summed E-state index contributed by atoms with van der Waals surface area (Å²) in [6.45, 7) is 2.51. The Morgan fingerprint density at radius 3 is 2.47 bits per heavy atom. The van der Waals surface area contributed by atoms with Gasteiger partial charge in [0.25, 0.3) is 11.7 Å². The summed E-state index contributed by atoms with van der Waals surface area (Å²) in [5.74, 6) is -1.10. The van der Waals surface area contributed by atoms with Crippen molar-refractivity contribution in [3.8, 4) is 0 Å². The average Bonchev–Trinajstić information content (AvgIpc) is 2.56. The van der Waals surface area contributed by atoms with Crippen molar-refractivity contribution in [1.82, 2.24) is 0 Å². The zero-order chi connectivity index (χ0) is 12.6. The third kappa shape index (κ3) is 1.94. The molecule has 0 aromatic heterocycles. The first kappa shape index (κ1) is 12.4. The number of benzene rings is 1. The van der Waals surface area contributed by atoms with E-state index in [2.05, 4.69) is 0 Å². The average molecular weight is 272 g/mol. The molecule has 1 aromatic carbocycles. The second kappa shape index (κ2) is 4.67. The van der Waals surface area contributed by atoms with Gasteiger partial charge >= 0.3 is 0 Å². The lowest BCUT2D eigenvalue weighted by Gasteiger charge is -2.17. The fourth-order valence-corrected chi connectivity index (χ4v) is 2.38. The van der Waals surface area contributed by atoms with Crippen LogP contribution in [0.3, 0.4) is 0 Å². The Balaban J connectivity index is 2.52. The van der Waals surface area contributed by atoms with E-state index in [0.717, 1.165) is 12.8 Å². The molecule has 1 aromatic rings. The Morgan fingerprint density at radius 2 is 1.82 bits per heavy atom. The van der Waals surface area contributed by atoms with E-state index in [1.165, 1.54) is 11.0 Å². The molecule has 0 N–H and O–H groups in total. The first-order chi connectivity index (χ1) is 8.07. The number of hydrogen-bond donors (Lipinski definition) is 0. The monoisotopic (exact) mass is 271 g/mol. The second-order valence-corrected chi connectivity index (χ2v) is 4.71. The molecule has 1 aliphatic rings. The van der Waals surface area contributed by atoms with E-state index in [1.54, 1.807) is 6.07 Å². The van der Waals surface area contributed by atoms with E-state index < -0.39 is 11.7 Å². The van der Waals surface area contributed by atoms with Crippen molar-refractivity contribution in [2.24, 2.45) is 0 Å². The van der Waals surface area contributed by atoms with Gasteiger partial charge in [0.05, 0.1) is 21.3 Å². The third-order valence-electron chi connectivity index (χ3n) is 2.75. The predicted molar refractivity (Wildman–Crippen MR) is 68.1 cm³/mol. The molecule has 2 rings (SSSR count). The van der Waals surface area contributed by atoms with Crippen LogP contribution in [0.4, 0.5) is 5.69 Å². The van der Waals surface area contributed by atoms with Crippen LogP contribution in [0.2, 0.25) is 10.0 Å². The van der Waals surface area contributed by atoms with E-state index in [-0.39, 0.29) is 10.6 Å². The Morgan fingerprint density at radius 1 is 1.18 bits per heavy atom. The predicted octanol–water partition coefficient (Wildman–Crippen LogP) is 3.32. The van der Waals surface area contributed by atoms with Crippen molar-refractivity contribution >= 4 is 40.6 Å². The first-order valence-electron chi connectivity index (χ1n) is 5.42. The maximum Gasteiger partial charge on any atom is 0.299 e. The first-order valence-corrected chi connectivity index (χ1v) is 6.17. The number of amides is 1. The zero-order valence-corrected chi connectivity index (χ0v) is 10.8. The normalized spacial score (nSPS) is 14.4. The molecule has 0 spiro atoms. The fourth-order valence-electron chi connectivity index (χ4n) is 1.88. The summed E-state index contributed by atoms with van der Waals surface area (Å²) >= 11 is 12.0. The number of rotatable bonds is 3. The van der Waals surface area contributed by atoms with Crippen LogP contribution in [0.5, 0.6) is 0 Å². The molecule has 90 valence electrons. The van der Waals surface area contributed by atoms with Gasteiger partial charge in [-0.15, -0.1) is 0 Å². The second-order valence-electron chi connectivity index (χ2n) is 3.89. The minimum atomic E-state index is -0.566. The van der Waals surface area contributed by atoms with Gasteiger partial charge in [0.15, 0.2) is 0 Å². The summed E-state index contributed by atoms with van der Waals surface area (Å²) in [6, 6.07) is 3.14. The minimum absolute atomic E-state index is 0.236. The molecule has 0 radical (unpaired) electrons. The van der Waals surface area contributed by atoms with E-state index in [4.69, 9.17) is 23.2 Å². The van der Waals surface area contributed by atoms with E-state index >= 15 is 0 Å². The molecular weight excluding hydrogens is 261 g/mol. The van der Waals surface area contributed by atoms with E-state index in [1.807, 2.05) is 6.92 Å². The number of Topliss-reactive ketones (excluding diaryl/α,β-unsaturated/α-hetero) is 1. The number of hydrogen-bond acceptors (Lipinski definition) is 2. The molecule has 0 unspecified atom stereocenters. The molecule has 0 saturated heterocycles. The highest BCUT2D eigenvalue weighted by Gasteiger charge is 2.38. The smallest absolute Gasteiger partial charge is 0.299 e. The molecule has 17 heavy (non-hydrogen) atoms. The van der Waals surface area contributed by atoms with Crippen LogP contribution in [-0.4, -0.2) is 18.2 Å². The number of carbonyl (C=O) groups is 2. The number of unbranched alkanes of at least 4 members (excludes halogenated alkanes) is 1. The molecular formula is C12H11Cl2NO2. The van der Waals surface area contributed by atoms with E-state index in [9.17, 15) is 9.59 Å². The Bertz CT molecular complexity index is 500. The van der Waals surface area contributed by atoms with Crippen molar-refractivity contribution < 1.29 is 9.59 Å². The molecule has 0 aliphatic carbocycles. The molecule has 1 amide bonds. The number of nitrogens with zero attached hydrogens (tertiary/aromatic N) is 1. The largest absolute Gasteiger partial charge is 0.303 e. The highest BCUT2D eigenvalue weighted by Crippen LogP contribution is 2.39. The minimum Gasteiger partial charge on any atom is -0.303 e. The lowest BCUT2D eigenvalue weighted by atomic mass is 10.1. The molecule has 1 heterocycles. The topological polar surface area (TPSA) is 37.4 Å². The summed E-state index contributed by atoms with van der Waals surface area (Å²) < 4.78 is 0. The van der Waals surface area contributed by atoms with Crippen molar-refractivity contribution in [2.75, 3.05) is 11.4 Å². The Labute approximate surface area is 109 Å². The van der Waals surface area contributed by atoms with Gasteiger partial charge in [0.2, 0.25) is 0 Å². The SMILES string of the molecule is CCCCN1C(=O)C(=O)c2c(Cl)ccc(Cl)c21. The maximum atomic E-state index is 11.8. The molecule has 0 fully saturated rings. The van der Waals surface area contributed by atoms with Crippen molar-refractivity contribution in [2.45, 2.75) is 19.8 Å². The quantitative estimate of drug-likeness (QED) is 0.791. The lowest BCUT2D eigenvalue weighted by Crippen LogP contribution is -2.30. The molecule has 5 heteroatoms. The van der Waals surface area contributed by atoms with Crippen LogP contribution in [-0.2, 0) is 4.79 Å². The van der Waals surface area contributed by atoms with Crippen LogP contribution in [0, 0.1) is 0 Å². The van der Waals surface area contributed by atoms with Gasteiger partial charge in [0.1, 0.15) is 0 Å². The number of anilines is 1. The summed E-state index contributed by atoms with van der Waals surface area (Å²) in [5.41, 5.74) is 0.697. The number of carbonyl (C=O) groups excluding carboxylic acids is 2. The van der Waals surface area contributed by atoms with Gasteiger partial charge in [-0.1, -0.05) is 36.5 Å². The summed E-state index contributed by atoms with van der Waals surface area (Å²) in [7, 11) is 0. The van der Waals surface area contributed by atoms with E-state index in [0.29, 0.717) is 17.3 Å². The van der Waals surface area contributed by atoms with Crippen LogP contribution >= 0.6 is 23.2 Å². The molecule has 0 bridgehead atoms. The highest BCUT2D eigenvalue weighted by atomic mass is 35.5. The third-order valence-corrected chi connectivity index (χ3v) is 3.37. The van der Waals surface area contributed by atoms with Crippen molar-refractivity contribution in [3.63, 3.8) is 0 Å². The number of fused-ring (bicyclic) bond motifs is 1. The molecule has 1 aliphatic heterocycles. The van der Waals surface area contributed by atoms with Crippen LogP contribution < -0.4 is 4.90 Å². The molecule has 3 nitrogen and oxygen atoms in total. The Kier molecular flexibility index (Phi) is 3.40. The van der Waals surface area contributed by atoms with Crippen LogP contribution in [0.1, 0.15) is 30.1 Å².